The molecule has 4 rings (SSSR count). The Labute approximate surface area is 188 Å². The minimum atomic E-state index is -0.247. The lowest BCUT2D eigenvalue weighted by Gasteiger charge is -2.41. The molecule has 1 aliphatic heterocycles. The fourth-order valence-corrected chi connectivity index (χ4v) is 4.38. The molecule has 1 aromatic heterocycles. The largest absolute Gasteiger partial charge is 0.497 e. The number of halogens is 1. The number of hydrogen-bond acceptors (Lipinski definition) is 6. The van der Waals surface area contributed by atoms with E-state index in [1.54, 1.807) is 20.3 Å². The molecule has 0 saturated carbocycles. The Bertz CT molecular complexity index is 1040. The molecule has 2 aromatic carbocycles. The van der Waals surface area contributed by atoms with E-state index >= 15 is 0 Å². The van der Waals surface area contributed by atoms with Crippen molar-refractivity contribution in [3.63, 3.8) is 0 Å². The van der Waals surface area contributed by atoms with Gasteiger partial charge in [0.25, 0.3) is 0 Å². The van der Waals surface area contributed by atoms with Gasteiger partial charge >= 0.3 is 0 Å². The van der Waals surface area contributed by atoms with Gasteiger partial charge in [0.15, 0.2) is 0 Å². The van der Waals surface area contributed by atoms with Crippen molar-refractivity contribution in [3.8, 4) is 11.5 Å². The van der Waals surface area contributed by atoms with Crippen molar-refractivity contribution in [3.05, 3.63) is 65.6 Å². The summed E-state index contributed by atoms with van der Waals surface area (Å²) in [5, 5.41) is 10.5. The Morgan fingerprint density at radius 1 is 1.00 bits per heavy atom. The van der Waals surface area contributed by atoms with Gasteiger partial charge in [-0.2, -0.15) is 0 Å². The number of pyridine rings is 1. The molecule has 1 atom stereocenters. The topological polar surface area (TPSA) is 58.1 Å². The molecule has 2 heterocycles. The van der Waals surface area contributed by atoms with Crippen molar-refractivity contribution in [1.82, 2.24) is 14.8 Å². The Balaban J connectivity index is 1.44. The van der Waals surface area contributed by atoms with Gasteiger partial charge in [0, 0.05) is 56.8 Å². The molecule has 0 spiro atoms. The monoisotopic (exact) mass is 439 g/mol. The molecule has 3 aromatic rings. The highest BCUT2D eigenvalue weighted by atomic mass is 19.1. The molecule has 1 aliphatic rings. The molecule has 1 fully saturated rings. The summed E-state index contributed by atoms with van der Waals surface area (Å²) in [6.07, 6.45) is 0.710. The minimum absolute atomic E-state index is 0.149. The first-order valence-electron chi connectivity index (χ1n) is 10.9. The van der Waals surface area contributed by atoms with Gasteiger partial charge in [-0.1, -0.05) is 6.07 Å². The smallest absolute Gasteiger partial charge is 0.123 e. The van der Waals surface area contributed by atoms with Crippen LogP contribution < -0.4 is 9.47 Å². The lowest BCUT2D eigenvalue weighted by Crippen LogP contribution is -2.52. The van der Waals surface area contributed by atoms with Gasteiger partial charge in [-0.05, 0) is 48.4 Å². The molecular weight excluding hydrogens is 409 g/mol. The van der Waals surface area contributed by atoms with Crippen LogP contribution in [0.3, 0.4) is 0 Å². The van der Waals surface area contributed by atoms with Crippen molar-refractivity contribution in [2.75, 3.05) is 40.5 Å². The first-order valence-corrected chi connectivity index (χ1v) is 10.9. The number of aromatic nitrogens is 1. The number of rotatable bonds is 8. The van der Waals surface area contributed by atoms with Gasteiger partial charge in [-0.15, -0.1) is 0 Å². The van der Waals surface area contributed by atoms with Crippen LogP contribution in [-0.4, -0.2) is 66.4 Å². The fourth-order valence-electron chi connectivity index (χ4n) is 4.38. The number of aliphatic hydroxyl groups is 1. The van der Waals surface area contributed by atoms with Crippen LogP contribution in [0.1, 0.15) is 17.7 Å². The number of benzene rings is 2. The van der Waals surface area contributed by atoms with E-state index in [4.69, 9.17) is 14.5 Å². The Kier molecular flexibility index (Phi) is 7.19. The molecule has 6 nitrogen and oxygen atoms in total. The summed E-state index contributed by atoms with van der Waals surface area (Å²) >= 11 is 0. The average molecular weight is 440 g/mol. The van der Waals surface area contributed by atoms with E-state index in [-0.39, 0.29) is 18.5 Å². The number of hydrogen-bond donors (Lipinski definition) is 1. The normalized spacial score (nSPS) is 17.6. The first kappa shape index (κ1) is 22.5. The summed E-state index contributed by atoms with van der Waals surface area (Å²) in [4.78, 5) is 9.50. The predicted octanol–water partition coefficient (Wildman–Crippen LogP) is 3.46. The zero-order valence-electron chi connectivity index (χ0n) is 18.6. The maximum absolute atomic E-state index is 13.4. The second kappa shape index (κ2) is 10.3. The standard InChI is InChI=1S/C25H30FN3O3/c1-31-23-11-18(12-24(14-23)32-2)15-29-9-8-28(17-22(29)7-10-30)16-21-5-3-19-13-20(26)4-6-25(19)27-21/h3-6,11-14,22,30H,7-10,15-17H2,1-2H3/t22-/m0/s1. The molecule has 32 heavy (non-hydrogen) atoms. The summed E-state index contributed by atoms with van der Waals surface area (Å²) in [5.41, 5.74) is 2.90. The van der Waals surface area contributed by atoms with E-state index in [0.29, 0.717) is 6.42 Å². The molecule has 1 saturated heterocycles. The van der Waals surface area contributed by atoms with E-state index in [2.05, 4.69) is 9.80 Å². The van der Waals surface area contributed by atoms with Crippen molar-refractivity contribution in [1.29, 1.82) is 0 Å². The molecule has 170 valence electrons. The molecule has 0 radical (unpaired) electrons. The molecule has 7 heteroatoms. The number of ether oxygens (including phenoxy) is 2. The molecular formula is C25H30FN3O3. The third-order valence-corrected chi connectivity index (χ3v) is 6.04. The average Bonchev–Trinajstić information content (AvgIpc) is 2.80. The molecule has 0 amide bonds. The Hall–Kier alpha value is -2.74. The van der Waals surface area contributed by atoms with Gasteiger partial charge in [-0.3, -0.25) is 14.8 Å². The van der Waals surface area contributed by atoms with Crippen molar-refractivity contribution < 1.29 is 19.0 Å². The highest BCUT2D eigenvalue weighted by molar-refractivity contribution is 5.78. The molecule has 0 unspecified atom stereocenters. The van der Waals surface area contributed by atoms with Crippen molar-refractivity contribution in [2.45, 2.75) is 25.6 Å². The molecule has 0 aliphatic carbocycles. The highest BCUT2D eigenvalue weighted by Crippen LogP contribution is 2.25. The highest BCUT2D eigenvalue weighted by Gasteiger charge is 2.27. The van der Waals surface area contributed by atoms with Crippen molar-refractivity contribution in [2.24, 2.45) is 0 Å². The fraction of sp³-hybridized carbons (Fsp3) is 0.400. The maximum Gasteiger partial charge on any atom is 0.123 e. The lowest BCUT2D eigenvalue weighted by atomic mass is 10.1. The summed E-state index contributed by atoms with van der Waals surface area (Å²) in [6, 6.07) is 14.8. The number of nitrogens with zero attached hydrogens (tertiary/aromatic N) is 3. The number of piperazine rings is 1. The number of fused-ring (bicyclic) bond motifs is 1. The van der Waals surface area contributed by atoms with Gasteiger partial charge in [0.05, 0.1) is 25.4 Å². The number of methoxy groups -OCH3 is 2. The summed E-state index contributed by atoms with van der Waals surface area (Å²) in [5.74, 6) is 1.31. The summed E-state index contributed by atoms with van der Waals surface area (Å²) in [6.45, 7) is 4.30. The quantitative estimate of drug-likeness (QED) is 0.580. The van der Waals surface area contributed by atoms with Crippen LogP contribution in [-0.2, 0) is 13.1 Å². The van der Waals surface area contributed by atoms with E-state index in [0.717, 1.165) is 66.4 Å². The van der Waals surface area contributed by atoms with Gasteiger partial charge in [0.1, 0.15) is 17.3 Å². The second-order valence-electron chi connectivity index (χ2n) is 8.23. The zero-order chi connectivity index (χ0) is 22.5. The van der Waals surface area contributed by atoms with Crippen LogP contribution in [0, 0.1) is 5.82 Å². The van der Waals surface area contributed by atoms with Crippen LogP contribution in [0.2, 0.25) is 0 Å². The summed E-state index contributed by atoms with van der Waals surface area (Å²) in [7, 11) is 3.31. The molecule has 1 N–H and O–H groups in total. The predicted molar refractivity (Wildman–Crippen MR) is 122 cm³/mol. The van der Waals surface area contributed by atoms with Crippen LogP contribution in [0.5, 0.6) is 11.5 Å². The third-order valence-electron chi connectivity index (χ3n) is 6.04. The van der Waals surface area contributed by atoms with Crippen LogP contribution in [0.15, 0.2) is 48.5 Å². The van der Waals surface area contributed by atoms with Gasteiger partial charge in [0.2, 0.25) is 0 Å². The Morgan fingerprint density at radius 3 is 2.50 bits per heavy atom. The SMILES string of the molecule is COc1cc(CN2CCN(Cc3ccc4cc(F)ccc4n3)C[C@@H]2CCO)cc(OC)c1. The van der Waals surface area contributed by atoms with E-state index in [1.807, 2.05) is 30.3 Å². The number of aliphatic hydroxyl groups excluding tert-OH is 1. The van der Waals surface area contributed by atoms with E-state index < -0.39 is 0 Å². The lowest BCUT2D eigenvalue weighted by molar-refractivity contribution is 0.0493. The van der Waals surface area contributed by atoms with Crippen LogP contribution in [0.4, 0.5) is 4.39 Å². The Morgan fingerprint density at radius 2 is 1.78 bits per heavy atom. The van der Waals surface area contributed by atoms with Gasteiger partial charge in [-0.25, -0.2) is 4.39 Å². The van der Waals surface area contributed by atoms with E-state index in [1.165, 1.54) is 12.1 Å². The van der Waals surface area contributed by atoms with Crippen LogP contribution >= 0.6 is 0 Å². The van der Waals surface area contributed by atoms with Gasteiger partial charge < -0.3 is 14.6 Å². The summed E-state index contributed by atoms with van der Waals surface area (Å²) < 4.78 is 24.2. The van der Waals surface area contributed by atoms with E-state index in [9.17, 15) is 9.50 Å². The minimum Gasteiger partial charge on any atom is -0.497 e. The maximum atomic E-state index is 13.4. The second-order valence-corrected chi connectivity index (χ2v) is 8.23. The zero-order valence-corrected chi connectivity index (χ0v) is 18.6. The third kappa shape index (κ3) is 5.35. The van der Waals surface area contributed by atoms with Crippen molar-refractivity contribution >= 4 is 10.9 Å². The first-order chi connectivity index (χ1) is 15.6. The van der Waals surface area contributed by atoms with Crippen LogP contribution in [0.25, 0.3) is 10.9 Å². The molecule has 0 bridgehead atoms.